The number of amides is 1. The van der Waals surface area contributed by atoms with Gasteiger partial charge in [0.2, 0.25) is 11.7 Å². The first-order chi connectivity index (χ1) is 15.4. The van der Waals surface area contributed by atoms with Crippen LogP contribution < -0.4 is 19.5 Å². The molecule has 7 heteroatoms. The number of likely N-dealkylation sites (tertiary alicyclic amines) is 1. The molecule has 1 N–H and O–H groups in total. The minimum absolute atomic E-state index is 0.106. The molecule has 2 aromatic rings. The Morgan fingerprint density at radius 1 is 1.09 bits per heavy atom. The summed E-state index contributed by atoms with van der Waals surface area (Å²) in [5.74, 6) is 4.01. The van der Waals surface area contributed by atoms with Crippen LogP contribution in [0.3, 0.4) is 0 Å². The maximum Gasteiger partial charge on any atom is 0.244 e. The highest BCUT2D eigenvalue weighted by Crippen LogP contribution is 2.38. The van der Waals surface area contributed by atoms with Crippen LogP contribution in [0.5, 0.6) is 17.2 Å². The van der Waals surface area contributed by atoms with Gasteiger partial charge < -0.3 is 23.9 Å². The molecule has 0 radical (unpaired) electrons. The number of nitrogens with zero attached hydrogens (tertiary/aromatic N) is 1. The third-order valence-corrected chi connectivity index (χ3v) is 5.92. The van der Waals surface area contributed by atoms with Crippen LogP contribution in [0.15, 0.2) is 28.7 Å². The summed E-state index contributed by atoms with van der Waals surface area (Å²) in [7, 11) is 4.70. The summed E-state index contributed by atoms with van der Waals surface area (Å²) in [6.07, 6.45) is 5.44. The molecular weight excluding hydrogens is 408 g/mol. The molecule has 1 aliphatic rings. The van der Waals surface area contributed by atoms with E-state index in [1.165, 1.54) is 5.56 Å². The van der Waals surface area contributed by atoms with Gasteiger partial charge in [0.1, 0.15) is 11.5 Å². The number of carbonyl (C=O) groups is 1. The lowest BCUT2D eigenvalue weighted by Crippen LogP contribution is -2.38. The molecule has 0 unspecified atom stereocenters. The van der Waals surface area contributed by atoms with Crippen molar-refractivity contribution in [1.29, 1.82) is 0 Å². The summed E-state index contributed by atoms with van der Waals surface area (Å²) in [4.78, 5) is 14.8. The quantitative estimate of drug-likeness (QED) is 0.593. The van der Waals surface area contributed by atoms with Crippen molar-refractivity contribution in [2.24, 2.45) is 5.92 Å². The van der Waals surface area contributed by atoms with Crippen LogP contribution in [-0.2, 0) is 11.3 Å². The van der Waals surface area contributed by atoms with Crippen LogP contribution in [-0.4, -0.2) is 51.8 Å². The summed E-state index contributed by atoms with van der Waals surface area (Å²) < 4.78 is 21.7. The molecule has 1 aliphatic heterocycles. The largest absolute Gasteiger partial charge is 0.493 e. The van der Waals surface area contributed by atoms with Gasteiger partial charge in [0, 0.05) is 24.7 Å². The number of benzene rings is 1. The third kappa shape index (κ3) is 6.07. The van der Waals surface area contributed by atoms with Gasteiger partial charge in [-0.3, -0.25) is 9.69 Å². The standard InChI is InChI=1S/C25H34N2O5/c1-17-12-21(18(2)32-17)16-27-10-8-19(9-11-27)15-26-24(28)7-6-20-13-22(29-3)25(31-5)23(14-20)30-4/h6-7,12-14,19H,8-11,15-16H2,1-5H3,(H,26,28)/b7-6+. The second kappa shape index (κ2) is 11.1. The zero-order valence-corrected chi connectivity index (χ0v) is 19.7. The zero-order chi connectivity index (χ0) is 23.1. The number of methoxy groups -OCH3 is 3. The number of hydrogen-bond donors (Lipinski definition) is 1. The highest BCUT2D eigenvalue weighted by molar-refractivity contribution is 5.91. The molecule has 1 fully saturated rings. The molecule has 1 aromatic carbocycles. The summed E-state index contributed by atoms with van der Waals surface area (Å²) in [6, 6.07) is 5.75. The average molecular weight is 443 g/mol. The van der Waals surface area contributed by atoms with Gasteiger partial charge in [-0.25, -0.2) is 0 Å². The maximum absolute atomic E-state index is 12.3. The van der Waals surface area contributed by atoms with E-state index in [0.29, 0.717) is 29.7 Å². The van der Waals surface area contributed by atoms with Crippen LogP contribution in [0, 0.1) is 19.8 Å². The number of rotatable bonds is 9. The molecule has 0 aliphatic carbocycles. The Hall–Kier alpha value is -2.93. The van der Waals surface area contributed by atoms with Crippen LogP contribution in [0.4, 0.5) is 0 Å². The Kier molecular flexibility index (Phi) is 8.22. The van der Waals surface area contributed by atoms with Crippen molar-refractivity contribution in [1.82, 2.24) is 10.2 Å². The van der Waals surface area contributed by atoms with E-state index in [1.54, 1.807) is 33.5 Å². The summed E-state index contributed by atoms with van der Waals surface area (Å²) in [5.41, 5.74) is 2.07. The van der Waals surface area contributed by atoms with Crippen LogP contribution in [0.25, 0.3) is 6.08 Å². The predicted molar refractivity (Wildman–Crippen MR) is 124 cm³/mol. The summed E-state index contributed by atoms with van der Waals surface area (Å²) >= 11 is 0. The fourth-order valence-electron chi connectivity index (χ4n) is 4.10. The minimum Gasteiger partial charge on any atom is -0.493 e. The Morgan fingerprint density at radius 2 is 1.75 bits per heavy atom. The molecule has 0 spiro atoms. The molecular formula is C25H34N2O5. The molecule has 1 saturated heterocycles. The number of nitrogens with one attached hydrogen (secondary N) is 1. The van der Waals surface area contributed by atoms with Crippen molar-refractivity contribution in [3.05, 3.63) is 46.9 Å². The number of aryl methyl sites for hydroxylation is 2. The number of hydrogen-bond acceptors (Lipinski definition) is 6. The molecule has 0 bridgehead atoms. The average Bonchev–Trinajstić information content (AvgIpc) is 3.12. The molecule has 1 amide bonds. The lowest BCUT2D eigenvalue weighted by Gasteiger charge is -2.31. The lowest BCUT2D eigenvalue weighted by atomic mass is 9.96. The van der Waals surface area contributed by atoms with E-state index in [1.807, 2.05) is 26.0 Å². The van der Waals surface area contributed by atoms with Crippen molar-refractivity contribution >= 4 is 12.0 Å². The van der Waals surface area contributed by atoms with Crippen molar-refractivity contribution < 1.29 is 23.4 Å². The van der Waals surface area contributed by atoms with Gasteiger partial charge in [0.15, 0.2) is 11.5 Å². The van der Waals surface area contributed by atoms with E-state index in [9.17, 15) is 4.79 Å². The van der Waals surface area contributed by atoms with Gasteiger partial charge in [0.25, 0.3) is 0 Å². The summed E-state index contributed by atoms with van der Waals surface area (Å²) in [6.45, 7) is 7.70. The number of ether oxygens (including phenoxy) is 3. The van der Waals surface area contributed by atoms with E-state index >= 15 is 0 Å². The van der Waals surface area contributed by atoms with Crippen molar-refractivity contribution in [3.8, 4) is 17.2 Å². The smallest absolute Gasteiger partial charge is 0.244 e. The topological polar surface area (TPSA) is 73.2 Å². The van der Waals surface area contributed by atoms with E-state index in [4.69, 9.17) is 18.6 Å². The first kappa shape index (κ1) is 23.7. The number of piperidine rings is 1. The summed E-state index contributed by atoms with van der Waals surface area (Å²) in [5, 5.41) is 3.03. The van der Waals surface area contributed by atoms with Gasteiger partial charge in [-0.15, -0.1) is 0 Å². The van der Waals surface area contributed by atoms with Crippen molar-refractivity contribution in [2.45, 2.75) is 33.2 Å². The molecule has 32 heavy (non-hydrogen) atoms. The van der Waals surface area contributed by atoms with Crippen molar-refractivity contribution in [3.63, 3.8) is 0 Å². The van der Waals surface area contributed by atoms with Crippen molar-refractivity contribution in [2.75, 3.05) is 41.0 Å². The van der Waals surface area contributed by atoms with Gasteiger partial charge in [-0.1, -0.05) is 0 Å². The maximum atomic E-state index is 12.3. The first-order valence-corrected chi connectivity index (χ1v) is 11.0. The Balaban J connectivity index is 1.46. The second-order valence-corrected chi connectivity index (χ2v) is 8.20. The minimum atomic E-state index is -0.106. The van der Waals surface area contributed by atoms with E-state index < -0.39 is 0 Å². The molecule has 174 valence electrons. The van der Waals surface area contributed by atoms with Crippen LogP contribution in [0.2, 0.25) is 0 Å². The highest BCUT2D eigenvalue weighted by Gasteiger charge is 2.20. The molecule has 0 atom stereocenters. The Morgan fingerprint density at radius 3 is 2.28 bits per heavy atom. The monoisotopic (exact) mass is 442 g/mol. The molecule has 0 saturated carbocycles. The fourth-order valence-corrected chi connectivity index (χ4v) is 4.10. The van der Waals surface area contributed by atoms with Gasteiger partial charge in [-0.05, 0) is 75.5 Å². The molecule has 7 nitrogen and oxygen atoms in total. The normalized spacial score (nSPS) is 15.2. The van der Waals surface area contributed by atoms with Crippen LogP contribution in [0.1, 0.15) is 35.5 Å². The zero-order valence-electron chi connectivity index (χ0n) is 19.7. The van der Waals surface area contributed by atoms with Gasteiger partial charge in [0.05, 0.1) is 21.3 Å². The third-order valence-electron chi connectivity index (χ3n) is 5.92. The van der Waals surface area contributed by atoms with Crippen LogP contribution >= 0.6 is 0 Å². The number of carbonyl (C=O) groups excluding carboxylic acids is 1. The molecule has 1 aromatic heterocycles. The Bertz CT molecular complexity index is 917. The van der Waals surface area contributed by atoms with E-state index in [0.717, 1.165) is 49.6 Å². The fraction of sp³-hybridized carbons (Fsp3) is 0.480. The van der Waals surface area contributed by atoms with Gasteiger partial charge >= 0.3 is 0 Å². The van der Waals surface area contributed by atoms with E-state index in [-0.39, 0.29) is 5.91 Å². The molecule has 2 heterocycles. The first-order valence-electron chi connectivity index (χ1n) is 11.0. The lowest BCUT2D eigenvalue weighted by molar-refractivity contribution is -0.116. The predicted octanol–water partition coefficient (Wildman–Crippen LogP) is 3.96. The number of furan rings is 1. The molecule has 3 rings (SSSR count). The van der Waals surface area contributed by atoms with Gasteiger partial charge in [-0.2, -0.15) is 0 Å². The SMILES string of the molecule is COc1cc(/C=C/C(=O)NCC2CCN(Cc3cc(C)oc3C)CC2)cc(OC)c1OC. The van der Waals surface area contributed by atoms with E-state index in [2.05, 4.69) is 16.3 Å². The highest BCUT2D eigenvalue weighted by atomic mass is 16.5. The Labute approximate surface area is 190 Å². The second-order valence-electron chi connectivity index (χ2n) is 8.20.